The molecule has 4 heterocycles. The Hall–Kier alpha value is -2.83. The molecule has 1 fully saturated rings. The van der Waals surface area contributed by atoms with E-state index in [1.54, 1.807) is 12.4 Å². The van der Waals surface area contributed by atoms with E-state index < -0.39 is 0 Å². The minimum atomic E-state index is -0.113. The number of amides is 1. The van der Waals surface area contributed by atoms with Crippen LogP contribution in [0.2, 0.25) is 5.02 Å². The molecule has 2 atom stereocenters. The molecule has 0 aliphatic carbocycles. The van der Waals surface area contributed by atoms with Crippen molar-refractivity contribution < 1.29 is 4.79 Å². The molecule has 2 unspecified atom stereocenters. The molecule has 6 nitrogen and oxygen atoms in total. The number of hydrogen-bond donors (Lipinski definition) is 1. The zero-order chi connectivity index (χ0) is 26.2. The van der Waals surface area contributed by atoms with Crippen molar-refractivity contribution >= 4 is 17.5 Å². The quantitative estimate of drug-likeness (QED) is 0.306. The highest BCUT2D eigenvalue weighted by atomic mass is 35.5. The van der Waals surface area contributed by atoms with Crippen molar-refractivity contribution in [1.82, 2.24) is 25.2 Å². The fourth-order valence-corrected chi connectivity index (χ4v) is 5.81. The van der Waals surface area contributed by atoms with Crippen LogP contribution in [0.3, 0.4) is 0 Å². The molecule has 1 saturated heterocycles. The molecule has 196 valence electrons. The SMILES string of the molecule is CCCc1cncc(Cl)c1C(=O)NCCCCN1C(c2ncccc2C)CCCC1c1ncccc1C. The summed E-state index contributed by atoms with van der Waals surface area (Å²) < 4.78 is 0. The molecule has 37 heavy (non-hydrogen) atoms. The monoisotopic (exact) mass is 519 g/mol. The molecule has 0 spiro atoms. The lowest BCUT2D eigenvalue weighted by atomic mass is 9.88. The van der Waals surface area contributed by atoms with E-state index in [0.717, 1.165) is 57.1 Å². The van der Waals surface area contributed by atoms with Gasteiger partial charge < -0.3 is 5.32 Å². The van der Waals surface area contributed by atoms with Gasteiger partial charge in [0.1, 0.15) is 0 Å². The Bertz CT molecular complexity index is 1150. The predicted octanol–water partition coefficient (Wildman–Crippen LogP) is 6.57. The Morgan fingerprint density at radius 2 is 1.68 bits per heavy atom. The first kappa shape index (κ1) is 27.2. The number of carbonyl (C=O) groups is 1. The van der Waals surface area contributed by atoms with Crippen LogP contribution in [0.5, 0.6) is 0 Å². The third-order valence-electron chi connectivity index (χ3n) is 7.34. The van der Waals surface area contributed by atoms with Gasteiger partial charge in [-0.25, -0.2) is 0 Å². The van der Waals surface area contributed by atoms with E-state index in [4.69, 9.17) is 21.6 Å². The van der Waals surface area contributed by atoms with Gasteiger partial charge in [-0.2, -0.15) is 0 Å². The van der Waals surface area contributed by atoms with Crippen LogP contribution >= 0.6 is 11.6 Å². The van der Waals surface area contributed by atoms with Crippen LogP contribution in [-0.4, -0.2) is 38.8 Å². The summed E-state index contributed by atoms with van der Waals surface area (Å²) >= 11 is 6.33. The highest BCUT2D eigenvalue weighted by Gasteiger charge is 2.34. The van der Waals surface area contributed by atoms with Gasteiger partial charge in [0.15, 0.2) is 0 Å². The molecule has 3 aromatic heterocycles. The van der Waals surface area contributed by atoms with Crippen molar-refractivity contribution in [3.63, 3.8) is 0 Å². The summed E-state index contributed by atoms with van der Waals surface area (Å²) in [5, 5.41) is 3.50. The smallest absolute Gasteiger partial charge is 0.253 e. The van der Waals surface area contributed by atoms with Crippen LogP contribution in [0.4, 0.5) is 0 Å². The summed E-state index contributed by atoms with van der Waals surface area (Å²) in [7, 11) is 0. The van der Waals surface area contributed by atoms with E-state index in [9.17, 15) is 4.79 Å². The number of aryl methyl sites for hydroxylation is 3. The number of rotatable bonds is 10. The van der Waals surface area contributed by atoms with Crippen LogP contribution in [0.15, 0.2) is 49.1 Å². The second-order valence-corrected chi connectivity index (χ2v) is 10.4. The van der Waals surface area contributed by atoms with Crippen molar-refractivity contribution in [2.45, 2.75) is 77.8 Å². The number of piperidine rings is 1. The molecule has 1 aliphatic heterocycles. The number of carbonyl (C=O) groups excluding carboxylic acids is 1. The first-order chi connectivity index (χ1) is 18.0. The molecule has 0 radical (unpaired) electrons. The molecule has 7 heteroatoms. The summed E-state index contributed by atoms with van der Waals surface area (Å²) in [5.74, 6) is -0.113. The van der Waals surface area contributed by atoms with Gasteiger partial charge in [-0.05, 0) is 87.7 Å². The minimum absolute atomic E-state index is 0.113. The van der Waals surface area contributed by atoms with Gasteiger partial charge in [0.05, 0.1) is 34.1 Å². The second kappa shape index (κ2) is 13.1. The van der Waals surface area contributed by atoms with Gasteiger partial charge in [0, 0.05) is 31.3 Å². The van der Waals surface area contributed by atoms with Crippen LogP contribution in [0, 0.1) is 13.8 Å². The first-order valence-corrected chi connectivity index (χ1v) is 13.9. The fourth-order valence-electron chi connectivity index (χ4n) is 5.54. The van der Waals surface area contributed by atoms with E-state index in [1.807, 2.05) is 24.5 Å². The van der Waals surface area contributed by atoms with Crippen LogP contribution in [0.1, 0.15) is 96.0 Å². The molecule has 4 rings (SSSR count). The normalized spacial score (nSPS) is 18.1. The van der Waals surface area contributed by atoms with Gasteiger partial charge in [-0.3, -0.25) is 24.6 Å². The van der Waals surface area contributed by atoms with Crippen molar-refractivity contribution in [1.29, 1.82) is 0 Å². The number of aromatic nitrogens is 3. The molecule has 0 saturated carbocycles. The number of likely N-dealkylation sites (tertiary alicyclic amines) is 1. The highest BCUT2D eigenvalue weighted by molar-refractivity contribution is 6.33. The lowest BCUT2D eigenvalue weighted by Crippen LogP contribution is -2.39. The van der Waals surface area contributed by atoms with Crippen molar-refractivity contribution in [3.05, 3.63) is 87.7 Å². The Morgan fingerprint density at radius 3 is 2.27 bits per heavy atom. The first-order valence-electron chi connectivity index (χ1n) is 13.5. The number of halogens is 1. The van der Waals surface area contributed by atoms with E-state index in [2.05, 4.69) is 48.1 Å². The lowest BCUT2D eigenvalue weighted by Gasteiger charge is -2.42. The Morgan fingerprint density at radius 1 is 1.03 bits per heavy atom. The topological polar surface area (TPSA) is 71.0 Å². The number of nitrogens with one attached hydrogen (secondary N) is 1. The summed E-state index contributed by atoms with van der Waals surface area (Å²) in [6, 6.07) is 8.86. The maximum Gasteiger partial charge on any atom is 0.253 e. The van der Waals surface area contributed by atoms with E-state index >= 15 is 0 Å². The summed E-state index contributed by atoms with van der Waals surface area (Å²) in [6.45, 7) is 7.93. The molecule has 3 aromatic rings. The van der Waals surface area contributed by atoms with Gasteiger partial charge in [-0.1, -0.05) is 37.1 Å². The Kier molecular flexibility index (Phi) is 9.64. The van der Waals surface area contributed by atoms with Crippen LogP contribution in [0.25, 0.3) is 0 Å². The maximum absolute atomic E-state index is 12.9. The summed E-state index contributed by atoms with van der Waals surface area (Å²) in [6.07, 6.45) is 14.0. The van der Waals surface area contributed by atoms with E-state index in [0.29, 0.717) is 17.1 Å². The third-order valence-corrected chi connectivity index (χ3v) is 7.63. The molecule has 0 bridgehead atoms. The fraction of sp³-hybridized carbons (Fsp3) is 0.467. The zero-order valence-electron chi connectivity index (χ0n) is 22.2. The molecule has 1 amide bonds. The maximum atomic E-state index is 12.9. The van der Waals surface area contributed by atoms with Gasteiger partial charge in [-0.15, -0.1) is 0 Å². The van der Waals surface area contributed by atoms with Crippen LogP contribution in [-0.2, 0) is 6.42 Å². The van der Waals surface area contributed by atoms with Gasteiger partial charge in [0.2, 0.25) is 0 Å². The zero-order valence-corrected chi connectivity index (χ0v) is 23.0. The summed E-state index contributed by atoms with van der Waals surface area (Å²) in [5.41, 5.74) is 6.28. The minimum Gasteiger partial charge on any atom is -0.352 e. The van der Waals surface area contributed by atoms with Crippen molar-refractivity contribution in [3.8, 4) is 0 Å². The third kappa shape index (κ3) is 6.55. The largest absolute Gasteiger partial charge is 0.352 e. The van der Waals surface area contributed by atoms with Gasteiger partial charge >= 0.3 is 0 Å². The highest BCUT2D eigenvalue weighted by Crippen LogP contribution is 2.42. The number of unbranched alkanes of at least 4 members (excludes halogenated alkanes) is 1. The Labute approximate surface area is 225 Å². The standard InChI is InChI=1S/C30H38ClN5O/c1-4-10-23-19-32-20-24(31)27(23)30(37)35-15-5-6-18-36-25(28-21(2)11-8-16-33-28)13-7-14-26(36)29-22(3)12-9-17-34-29/h8-9,11-12,16-17,19-20,25-26H,4-7,10,13-15,18H2,1-3H3,(H,35,37). The van der Waals surface area contributed by atoms with E-state index in [-0.39, 0.29) is 18.0 Å². The molecule has 1 N–H and O–H groups in total. The van der Waals surface area contributed by atoms with Gasteiger partial charge in [0.25, 0.3) is 5.91 Å². The summed E-state index contributed by atoms with van der Waals surface area (Å²) in [4.78, 5) is 29.3. The average molecular weight is 520 g/mol. The number of pyridine rings is 3. The van der Waals surface area contributed by atoms with E-state index in [1.165, 1.54) is 22.5 Å². The molecule has 1 aliphatic rings. The lowest BCUT2D eigenvalue weighted by molar-refractivity contribution is 0.0740. The van der Waals surface area contributed by atoms with Crippen molar-refractivity contribution in [2.75, 3.05) is 13.1 Å². The molecular weight excluding hydrogens is 482 g/mol. The average Bonchev–Trinajstić information content (AvgIpc) is 2.89. The second-order valence-electron chi connectivity index (χ2n) is 9.98. The molecule has 0 aromatic carbocycles. The Balaban J connectivity index is 1.44. The number of nitrogens with zero attached hydrogens (tertiary/aromatic N) is 4. The molecular formula is C30H38ClN5O. The number of hydrogen-bond acceptors (Lipinski definition) is 5. The predicted molar refractivity (Wildman–Crippen MR) is 149 cm³/mol. The van der Waals surface area contributed by atoms with Crippen molar-refractivity contribution in [2.24, 2.45) is 0 Å². The van der Waals surface area contributed by atoms with Crippen LogP contribution < -0.4 is 5.32 Å².